The molecule has 26 heavy (non-hydrogen) atoms. The fourth-order valence-electron chi connectivity index (χ4n) is 2.13. The van der Waals surface area contributed by atoms with Crippen LogP contribution in [0.4, 0.5) is 11.4 Å². The highest BCUT2D eigenvalue weighted by molar-refractivity contribution is 5.86. The molecule has 0 fully saturated rings. The molecule has 0 heterocycles. The van der Waals surface area contributed by atoms with Crippen molar-refractivity contribution in [2.75, 3.05) is 25.7 Å². The van der Waals surface area contributed by atoms with Crippen LogP contribution in [0.2, 0.25) is 0 Å². The van der Waals surface area contributed by atoms with Crippen molar-refractivity contribution in [3.63, 3.8) is 0 Å². The van der Waals surface area contributed by atoms with Crippen molar-refractivity contribution in [1.82, 2.24) is 0 Å². The second kappa shape index (κ2) is 9.39. The molecule has 0 aromatic heterocycles. The Hall–Kier alpha value is -3.12. The summed E-state index contributed by atoms with van der Waals surface area (Å²) in [6.45, 7) is 1.52. The van der Waals surface area contributed by atoms with Gasteiger partial charge in [-0.1, -0.05) is 24.3 Å². The van der Waals surface area contributed by atoms with Gasteiger partial charge in [0.2, 0.25) is 5.76 Å². The zero-order chi connectivity index (χ0) is 18.9. The minimum Gasteiger partial charge on any atom is -0.463 e. The minimum absolute atomic E-state index is 0.0689. The quantitative estimate of drug-likeness (QED) is 0.272. The number of ether oxygens (including phenoxy) is 2. The smallest absolute Gasteiger partial charge is 0.373 e. The molecule has 0 aliphatic carbocycles. The van der Waals surface area contributed by atoms with E-state index in [2.05, 4.69) is 9.73 Å². The summed E-state index contributed by atoms with van der Waals surface area (Å²) in [6, 6.07) is 15.3. The standard InChI is InChI=1S/C20H22N2O4/c1-15-9-10-16(21-14-22(2)17-7-5-4-6-8-17)13-19(15)26-18(11-12-23)20(24)25-3/h4-11,13-14,23H,12H2,1-3H3/b18-11-,21-14?. The molecule has 0 amide bonds. The first kappa shape index (κ1) is 19.2. The molecule has 136 valence electrons. The largest absolute Gasteiger partial charge is 0.463 e. The van der Waals surface area contributed by atoms with Crippen LogP contribution in [0.3, 0.4) is 0 Å². The van der Waals surface area contributed by atoms with Crippen molar-refractivity contribution < 1.29 is 19.4 Å². The van der Waals surface area contributed by atoms with Crippen LogP contribution in [-0.2, 0) is 9.53 Å². The zero-order valence-electron chi connectivity index (χ0n) is 15.0. The number of esters is 1. The Bertz CT molecular complexity index is 801. The molecule has 0 radical (unpaired) electrons. The van der Waals surface area contributed by atoms with Gasteiger partial charge in [-0.15, -0.1) is 0 Å². The van der Waals surface area contributed by atoms with Gasteiger partial charge >= 0.3 is 5.97 Å². The number of methoxy groups -OCH3 is 1. The van der Waals surface area contributed by atoms with E-state index in [4.69, 9.17) is 9.84 Å². The third kappa shape index (κ3) is 5.19. The van der Waals surface area contributed by atoms with Crippen LogP contribution in [-0.4, -0.2) is 38.2 Å². The number of benzene rings is 2. The van der Waals surface area contributed by atoms with Gasteiger partial charge in [-0.3, -0.25) is 0 Å². The minimum atomic E-state index is -0.656. The van der Waals surface area contributed by atoms with E-state index in [1.165, 1.54) is 13.2 Å². The Balaban J connectivity index is 2.20. The summed E-state index contributed by atoms with van der Waals surface area (Å²) in [5.74, 6) is -0.260. The van der Waals surface area contributed by atoms with Gasteiger partial charge in [0.15, 0.2) is 0 Å². The maximum atomic E-state index is 11.7. The summed E-state index contributed by atoms with van der Waals surface area (Å²) in [6.07, 6.45) is 2.96. The molecule has 2 aromatic rings. The maximum absolute atomic E-state index is 11.7. The van der Waals surface area contributed by atoms with Gasteiger partial charge in [-0.05, 0) is 36.8 Å². The van der Waals surface area contributed by atoms with E-state index < -0.39 is 5.97 Å². The molecule has 1 N–H and O–H groups in total. The summed E-state index contributed by atoms with van der Waals surface area (Å²) in [5, 5.41) is 9.04. The Morgan fingerprint density at radius 2 is 1.96 bits per heavy atom. The number of hydrogen-bond acceptors (Lipinski definition) is 5. The van der Waals surface area contributed by atoms with Crippen molar-refractivity contribution in [2.24, 2.45) is 4.99 Å². The average molecular weight is 354 g/mol. The van der Waals surface area contributed by atoms with Crippen LogP contribution in [0.5, 0.6) is 5.75 Å². The molecule has 0 atom stereocenters. The highest BCUT2D eigenvalue weighted by atomic mass is 16.6. The molecule has 0 saturated heterocycles. The molecule has 0 aliphatic heterocycles. The van der Waals surface area contributed by atoms with Crippen LogP contribution < -0.4 is 9.64 Å². The molecule has 0 unspecified atom stereocenters. The van der Waals surface area contributed by atoms with E-state index in [1.54, 1.807) is 12.4 Å². The molecule has 0 bridgehead atoms. The number of aliphatic imine (C=N–C) groups is 1. The number of hydrogen-bond donors (Lipinski definition) is 1. The third-order valence-corrected chi connectivity index (χ3v) is 3.60. The summed E-state index contributed by atoms with van der Waals surface area (Å²) >= 11 is 0. The van der Waals surface area contributed by atoms with Crippen molar-refractivity contribution in [3.8, 4) is 5.75 Å². The topological polar surface area (TPSA) is 71.4 Å². The molecule has 0 spiro atoms. The van der Waals surface area contributed by atoms with Crippen molar-refractivity contribution in [3.05, 3.63) is 65.9 Å². The number of anilines is 1. The van der Waals surface area contributed by atoms with Crippen molar-refractivity contribution >= 4 is 23.7 Å². The summed E-state index contributed by atoms with van der Waals surface area (Å²) in [5.41, 5.74) is 2.51. The maximum Gasteiger partial charge on any atom is 0.373 e. The van der Waals surface area contributed by atoms with Crippen LogP contribution in [0.25, 0.3) is 0 Å². The van der Waals surface area contributed by atoms with Gasteiger partial charge in [0.25, 0.3) is 0 Å². The lowest BCUT2D eigenvalue weighted by molar-refractivity contribution is -0.138. The van der Waals surface area contributed by atoms with Gasteiger partial charge in [0.1, 0.15) is 5.75 Å². The molecular formula is C20H22N2O4. The molecule has 6 heteroatoms. The first-order chi connectivity index (χ1) is 12.5. The van der Waals surface area contributed by atoms with E-state index in [0.29, 0.717) is 11.4 Å². The molecule has 0 aliphatic rings. The van der Waals surface area contributed by atoms with Gasteiger partial charge in [-0.2, -0.15) is 0 Å². The molecule has 6 nitrogen and oxygen atoms in total. The molecular weight excluding hydrogens is 332 g/mol. The molecule has 0 saturated carbocycles. The van der Waals surface area contributed by atoms with Gasteiger partial charge in [0, 0.05) is 18.8 Å². The number of aliphatic hydroxyl groups excluding tert-OH is 1. The number of para-hydroxylation sites is 1. The van der Waals surface area contributed by atoms with E-state index in [0.717, 1.165) is 11.3 Å². The first-order valence-corrected chi connectivity index (χ1v) is 8.05. The fraction of sp³-hybridized carbons (Fsp3) is 0.200. The van der Waals surface area contributed by atoms with Crippen LogP contribution in [0.1, 0.15) is 5.56 Å². The first-order valence-electron chi connectivity index (χ1n) is 8.05. The Morgan fingerprint density at radius 1 is 1.23 bits per heavy atom. The van der Waals surface area contributed by atoms with E-state index in [1.807, 2.05) is 61.3 Å². The molecule has 2 rings (SSSR count). The Labute approximate surface area is 153 Å². The number of carbonyl (C=O) groups excluding carboxylic acids is 1. The Kier molecular flexibility index (Phi) is 6.93. The zero-order valence-corrected chi connectivity index (χ0v) is 15.0. The predicted molar refractivity (Wildman–Crippen MR) is 102 cm³/mol. The summed E-state index contributed by atoms with van der Waals surface area (Å²) < 4.78 is 10.3. The van der Waals surface area contributed by atoms with E-state index >= 15 is 0 Å². The fourth-order valence-corrected chi connectivity index (χ4v) is 2.13. The second-order valence-corrected chi connectivity index (χ2v) is 5.49. The van der Waals surface area contributed by atoms with E-state index in [-0.39, 0.29) is 12.4 Å². The average Bonchev–Trinajstić information content (AvgIpc) is 2.67. The highest BCUT2D eigenvalue weighted by Gasteiger charge is 2.13. The normalized spacial score (nSPS) is 11.5. The number of rotatable bonds is 7. The highest BCUT2D eigenvalue weighted by Crippen LogP contribution is 2.26. The van der Waals surface area contributed by atoms with Gasteiger partial charge in [-0.25, -0.2) is 9.79 Å². The van der Waals surface area contributed by atoms with Crippen LogP contribution in [0.15, 0.2) is 65.4 Å². The molecule has 2 aromatic carbocycles. The van der Waals surface area contributed by atoms with Crippen LogP contribution >= 0.6 is 0 Å². The lowest BCUT2D eigenvalue weighted by Gasteiger charge is -2.13. The number of aliphatic hydroxyl groups is 1. The number of nitrogens with zero attached hydrogens (tertiary/aromatic N) is 2. The summed E-state index contributed by atoms with van der Waals surface area (Å²) in [4.78, 5) is 18.0. The van der Waals surface area contributed by atoms with Gasteiger partial charge < -0.3 is 19.5 Å². The van der Waals surface area contributed by atoms with Crippen molar-refractivity contribution in [2.45, 2.75) is 6.92 Å². The monoisotopic (exact) mass is 354 g/mol. The summed E-state index contributed by atoms with van der Waals surface area (Å²) in [7, 11) is 3.16. The third-order valence-electron chi connectivity index (χ3n) is 3.60. The Morgan fingerprint density at radius 3 is 2.62 bits per heavy atom. The number of carbonyl (C=O) groups is 1. The SMILES string of the molecule is COC(=O)/C(=C/CO)Oc1cc(N=CN(C)c2ccccc2)ccc1C. The lowest BCUT2D eigenvalue weighted by Crippen LogP contribution is -2.13. The van der Waals surface area contributed by atoms with Crippen LogP contribution in [0, 0.1) is 6.92 Å². The lowest BCUT2D eigenvalue weighted by atomic mass is 10.2. The number of aryl methyl sites for hydroxylation is 1. The second-order valence-electron chi connectivity index (χ2n) is 5.49. The van der Waals surface area contributed by atoms with Gasteiger partial charge in [0.05, 0.1) is 25.7 Å². The van der Waals surface area contributed by atoms with E-state index in [9.17, 15) is 4.79 Å². The predicted octanol–water partition coefficient (Wildman–Crippen LogP) is 3.22. The van der Waals surface area contributed by atoms with Crippen molar-refractivity contribution in [1.29, 1.82) is 0 Å².